The summed E-state index contributed by atoms with van der Waals surface area (Å²) in [7, 11) is 0. The number of nitrogen functional groups attached to an aromatic ring is 1. The van der Waals surface area contributed by atoms with Gasteiger partial charge in [-0.25, -0.2) is 0 Å². The van der Waals surface area contributed by atoms with Crippen LogP contribution >= 0.6 is 0 Å². The van der Waals surface area contributed by atoms with Gasteiger partial charge >= 0.3 is 5.69 Å². The number of ether oxygens (including phenoxy) is 1. The molecule has 1 aromatic carbocycles. The first kappa shape index (κ1) is 14.2. The highest BCUT2D eigenvalue weighted by Crippen LogP contribution is 2.30. The lowest BCUT2D eigenvalue weighted by molar-refractivity contribution is -0.383. The van der Waals surface area contributed by atoms with E-state index in [2.05, 4.69) is 5.32 Å². The summed E-state index contributed by atoms with van der Waals surface area (Å²) in [5.74, 6) is 0. The minimum Gasteiger partial charge on any atom is -0.393 e. The van der Waals surface area contributed by atoms with Crippen molar-refractivity contribution in [3.8, 4) is 0 Å². The smallest absolute Gasteiger partial charge is 0.314 e. The van der Waals surface area contributed by atoms with Crippen molar-refractivity contribution in [1.82, 2.24) is 0 Å². The van der Waals surface area contributed by atoms with Crippen LogP contribution in [0.2, 0.25) is 0 Å². The number of nitrogens with one attached hydrogen (secondary N) is 1. The minimum atomic E-state index is -0.467. The number of anilines is 2. The Morgan fingerprint density at radius 2 is 2.22 bits per heavy atom. The molecule has 0 aliphatic heterocycles. The van der Waals surface area contributed by atoms with Crippen molar-refractivity contribution in [2.45, 2.75) is 19.8 Å². The van der Waals surface area contributed by atoms with E-state index in [0.29, 0.717) is 18.8 Å². The zero-order chi connectivity index (χ0) is 13.4. The minimum absolute atomic E-state index is 0.0630. The third-order valence-electron chi connectivity index (χ3n) is 2.38. The SMILES string of the molecule is CCCOCCCNc1cccc(N)c1[N+](=O)[O-]. The molecule has 0 aliphatic rings. The van der Waals surface area contributed by atoms with Gasteiger partial charge in [0.15, 0.2) is 0 Å². The van der Waals surface area contributed by atoms with Crippen LogP contribution in [-0.2, 0) is 4.74 Å². The fourth-order valence-electron chi connectivity index (χ4n) is 1.55. The van der Waals surface area contributed by atoms with Crippen molar-refractivity contribution in [3.63, 3.8) is 0 Å². The Bertz CT molecular complexity index is 396. The maximum Gasteiger partial charge on any atom is 0.314 e. The van der Waals surface area contributed by atoms with E-state index in [1.54, 1.807) is 12.1 Å². The third kappa shape index (κ3) is 4.21. The molecule has 0 saturated heterocycles. The number of nitro benzene ring substituents is 1. The van der Waals surface area contributed by atoms with Crippen LogP contribution in [0.3, 0.4) is 0 Å². The van der Waals surface area contributed by atoms with E-state index in [9.17, 15) is 10.1 Å². The van der Waals surface area contributed by atoms with Crippen LogP contribution < -0.4 is 11.1 Å². The summed E-state index contributed by atoms with van der Waals surface area (Å²) in [6.07, 6.45) is 1.79. The zero-order valence-corrected chi connectivity index (χ0v) is 10.5. The third-order valence-corrected chi connectivity index (χ3v) is 2.38. The van der Waals surface area contributed by atoms with Crippen LogP contribution in [0, 0.1) is 10.1 Å². The lowest BCUT2D eigenvalue weighted by Gasteiger charge is -2.08. The van der Waals surface area contributed by atoms with Gasteiger partial charge in [0.2, 0.25) is 0 Å². The average Bonchev–Trinajstić information content (AvgIpc) is 2.33. The van der Waals surface area contributed by atoms with Gasteiger partial charge < -0.3 is 15.8 Å². The van der Waals surface area contributed by atoms with Crippen LogP contribution in [-0.4, -0.2) is 24.7 Å². The van der Waals surface area contributed by atoms with E-state index in [4.69, 9.17) is 10.5 Å². The van der Waals surface area contributed by atoms with E-state index >= 15 is 0 Å². The fraction of sp³-hybridized carbons (Fsp3) is 0.500. The van der Waals surface area contributed by atoms with Crippen molar-refractivity contribution >= 4 is 17.1 Å². The molecule has 0 radical (unpaired) electrons. The van der Waals surface area contributed by atoms with Gasteiger partial charge in [-0.1, -0.05) is 13.0 Å². The van der Waals surface area contributed by atoms with Crippen molar-refractivity contribution in [1.29, 1.82) is 0 Å². The average molecular weight is 253 g/mol. The molecule has 6 heteroatoms. The lowest BCUT2D eigenvalue weighted by atomic mass is 10.2. The summed E-state index contributed by atoms with van der Waals surface area (Å²) >= 11 is 0. The number of hydrogen-bond donors (Lipinski definition) is 2. The molecular formula is C12H19N3O3. The van der Waals surface area contributed by atoms with Gasteiger partial charge in [0.25, 0.3) is 0 Å². The number of hydrogen-bond acceptors (Lipinski definition) is 5. The van der Waals surface area contributed by atoms with E-state index in [-0.39, 0.29) is 11.4 Å². The molecule has 0 aliphatic carbocycles. The van der Waals surface area contributed by atoms with Gasteiger partial charge in [0, 0.05) is 19.8 Å². The predicted octanol–water partition coefficient (Wildman–Crippen LogP) is 2.41. The van der Waals surface area contributed by atoms with E-state index in [1.807, 2.05) is 6.92 Å². The molecule has 0 bridgehead atoms. The van der Waals surface area contributed by atoms with Crippen molar-refractivity contribution in [3.05, 3.63) is 28.3 Å². The van der Waals surface area contributed by atoms with Crippen LogP contribution in [0.15, 0.2) is 18.2 Å². The fourth-order valence-corrected chi connectivity index (χ4v) is 1.55. The van der Waals surface area contributed by atoms with Crippen molar-refractivity contribution < 1.29 is 9.66 Å². The number of para-hydroxylation sites is 1. The standard InChI is InChI=1S/C12H19N3O3/c1-2-8-18-9-4-7-14-11-6-3-5-10(13)12(11)15(16)17/h3,5-6,14H,2,4,7-9,13H2,1H3. The number of benzene rings is 1. The first-order valence-electron chi connectivity index (χ1n) is 6.01. The Morgan fingerprint density at radius 1 is 1.44 bits per heavy atom. The Hall–Kier alpha value is -1.82. The molecule has 0 fully saturated rings. The second kappa shape index (κ2) is 7.50. The highest BCUT2D eigenvalue weighted by molar-refractivity contribution is 5.74. The first-order valence-corrected chi connectivity index (χ1v) is 6.01. The Labute approximate surface area is 106 Å². The van der Waals surface area contributed by atoms with Crippen LogP contribution in [0.4, 0.5) is 17.1 Å². The second-order valence-electron chi connectivity index (χ2n) is 3.89. The summed E-state index contributed by atoms with van der Waals surface area (Å²) in [6.45, 7) is 4.07. The summed E-state index contributed by atoms with van der Waals surface area (Å²) in [4.78, 5) is 10.4. The number of nitro groups is 1. The van der Waals surface area contributed by atoms with Crippen molar-refractivity contribution in [2.75, 3.05) is 30.8 Å². The molecule has 18 heavy (non-hydrogen) atoms. The maximum absolute atomic E-state index is 10.9. The largest absolute Gasteiger partial charge is 0.393 e. The van der Waals surface area contributed by atoms with Gasteiger partial charge in [0.05, 0.1) is 4.92 Å². The quantitative estimate of drug-likeness (QED) is 0.321. The Balaban J connectivity index is 2.47. The van der Waals surface area contributed by atoms with Crippen molar-refractivity contribution in [2.24, 2.45) is 0 Å². The molecule has 0 atom stereocenters. The molecule has 1 rings (SSSR count). The predicted molar refractivity (Wildman–Crippen MR) is 71.7 cm³/mol. The van der Waals surface area contributed by atoms with Gasteiger partial charge in [-0.15, -0.1) is 0 Å². The molecule has 100 valence electrons. The van der Waals surface area contributed by atoms with Crippen LogP contribution in [0.5, 0.6) is 0 Å². The molecule has 0 heterocycles. The number of nitrogens with zero attached hydrogens (tertiary/aromatic N) is 1. The molecule has 3 N–H and O–H groups in total. The molecule has 0 aromatic heterocycles. The first-order chi connectivity index (χ1) is 8.66. The Morgan fingerprint density at radius 3 is 2.89 bits per heavy atom. The van der Waals surface area contributed by atoms with E-state index < -0.39 is 4.92 Å². The van der Waals surface area contributed by atoms with Gasteiger partial charge in [-0.3, -0.25) is 10.1 Å². The van der Waals surface area contributed by atoms with Gasteiger partial charge in [-0.2, -0.15) is 0 Å². The topological polar surface area (TPSA) is 90.4 Å². The highest BCUT2D eigenvalue weighted by atomic mass is 16.6. The molecule has 0 unspecified atom stereocenters. The second-order valence-corrected chi connectivity index (χ2v) is 3.89. The van der Waals surface area contributed by atoms with Gasteiger partial charge in [-0.05, 0) is 25.0 Å². The monoisotopic (exact) mass is 253 g/mol. The lowest BCUT2D eigenvalue weighted by Crippen LogP contribution is -2.08. The van der Waals surface area contributed by atoms with Gasteiger partial charge in [0.1, 0.15) is 11.4 Å². The van der Waals surface area contributed by atoms with E-state index in [0.717, 1.165) is 19.4 Å². The molecular weight excluding hydrogens is 234 g/mol. The zero-order valence-electron chi connectivity index (χ0n) is 10.5. The molecule has 0 amide bonds. The summed E-state index contributed by atoms with van der Waals surface area (Å²) in [5, 5.41) is 13.9. The molecule has 0 saturated carbocycles. The van der Waals surface area contributed by atoms with E-state index in [1.165, 1.54) is 6.07 Å². The maximum atomic E-state index is 10.9. The molecule has 6 nitrogen and oxygen atoms in total. The number of nitrogens with two attached hydrogens (primary N) is 1. The van der Waals surface area contributed by atoms with Crippen LogP contribution in [0.1, 0.15) is 19.8 Å². The summed E-state index contributed by atoms with van der Waals surface area (Å²) < 4.78 is 5.32. The highest BCUT2D eigenvalue weighted by Gasteiger charge is 2.16. The normalized spacial score (nSPS) is 10.3. The Kier molecular flexibility index (Phi) is 5.93. The molecule has 1 aromatic rings. The number of rotatable bonds is 8. The van der Waals surface area contributed by atoms with Crippen LogP contribution in [0.25, 0.3) is 0 Å². The summed E-state index contributed by atoms with van der Waals surface area (Å²) in [5.41, 5.74) is 6.15. The molecule has 0 spiro atoms. The summed E-state index contributed by atoms with van der Waals surface area (Å²) in [6, 6.07) is 4.87.